The molecule has 0 radical (unpaired) electrons. The van der Waals surface area contributed by atoms with E-state index in [4.69, 9.17) is 9.15 Å². The van der Waals surface area contributed by atoms with Crippen molar-refractivity contribution in [1.82, 2.24) is 10.3 Å². The second-order valence-corrected chi connectivity index (χ2v) is 4.82. The van der Waals surface area contributed by atoms with Crippen LogP contribution in [0.1, 0.15) is 37.3 Å². The van der Waals surface area contributed by atoms with E-state index < -0.39 is 0 Å². The number of aryl methyl sites for hydroxylation is 1. The zero-order valence-electron chi connectivity index (χ0n) is 10.7. The molecule has 1 aliphatic carbocycles. The number of oxazole rings is 1. The zero-order chi connectivity index (χ0) is 12.1. The standard InChI is InChI=1S/C13H22N2O2/c1-10-8-11(10)12-9-15-13(17-12)4-3-5-14-6-7-16-2/h9-11,14H,3-8H2,1-2H3. The summed E-state index contributed by atoms with van der Waals surface area (Å²) in [5.74, 6) is 3.38. The van der Waals surface area contributed by atoms with Crippen LogP contribution in [0.5, 0.6) is 0 Å². The molecular formula is C13H22N2O2. The SMILES string of the molecule is COCCNCCCc1ncc(C2CC2C)o1. The van der Waals surface area contributed by atoms with Crippen LogP contribution in [0.4, 0.5) is 0 Å². The predicted octanol–water partition coefficient (Wildman–Crippen LogP) is 1.97. The summed E-state index contributed by atoms with van der Waals surface area (Å²) in [6, 6.07) is 0. The van der Waals surface area contributed by atoms with E-state index in [2.05, 4.69) is 17.2 Å². The quantitative estimate of drug-likeness (QED) is 0.703. The monoisotopic (exact) mass is 238 g/mol. The molecule has 1 aromatic heterocycles. The molecule has 0 amide bonds. The Morgan fingerprint density at radius 2 is 2.35 bits per heavy atom. The molecule has 4 nitrogen and oxygen atoms in total. The van der Waals surface area contributed by atoms with Crippen molar-refractivity contribution in [3.63, 3.8) is 0 Å². The Morgan fingerprint density at radius 1 is 1.53 bits per heavy atom. The third kappa shape index (κ3) is 3.82. The molecule has 1 heterocycles. The lowest BCUT2D eigenvalue weighted by Gasteiger charge is -2.01. The minimum atomic E-state index is 0.635. The van der Waals surface area contributed by atoms with Crippen LogP contribution in [0.15, 0.2) is 10.6 Å². The van der Waals surface area contributed by atoms with Gasteiger partial charge in [-0.25, -0.2) is 4.98 Å². The van der Waals surface area contributed by atoms with Gasteiger partial charge in [0.15, 0.2) is 5.89 Å². The minimum absolute atomic E-state index is 0.635. The van der Waals surface area contributed by atoms with Gasteiger partial charge < -0.3 is 14.5 Å². The van der Waals surface area contributed by atoms with Crippen molar-refractivity contribution in [1.29, 1.82) is 0 Å². The summed E-state index contributed by atoms with van der Waals surface area (Å²) in [7, 11) is 1.72. The van der Waals surface area contributed by atoms with Crippen molar-refractivity contribution >= 4 is 0 Å². The first kappa shape index (κ1) is 12.6. The molecule has 96 valence electrons. The van der Waals surface area contributed by atoms with Gasteiger partial charge in [-0.2, -0.15) is 0 Å². The largest absolute Gasteiger partial charge is 0.445 e. The van der Waals surface area contributed by atoms with Crippen LogP contribution in [-0.2, 0) is 11.2 Å². The maximum Gasteiger partial charge on any atom is 0.194 e. The second-order valence-electron chi connectivity index (χ2n) is 4.82. The van der Waals surface area contributed by atoms with Gasteiger partial charge in [-0.05, 0) is 25.3 Å². The van der Waals surface area contributed by atoms with E-state index in [0.717, 1.165) is 50.1 Å². The Hall–Kier alpha value is -0.870. The minimum Gasteiger partial charge on any atom is -0.445 e. The highest BCUT2D eigenvalue weighted by atomic mass is 16.5. The van der Waals surface area contributed by atoms with Gasteiger partial charge in [-0.15, -0.1) is 0 Å². The molecule has 17 heavy (non-hydrogen) atoms. The van der Waals surface area contributed by atoms with Gasteiger partial charge in [0.05, 0.1) is 12.8 Å². The summed E-state index contributed by atoms with van der Waals surface area (Å²) in [6.07, 6.45) is 5.14. The molecule has 4 heteroatoms. The van der Waals surface area contributed by atoms with Crippen molar-refractivity contribution in [2.75, 3.05) is 26.8 Å². The number of methoxy groups -OCH3 is 1. The highest BCUT2D eigenvalue weighted by Crippen LogP contribution is 2.46. The van der Waals surface area contributed by atoms with Crippen molar-refractivity contribution in [2.45, 2.75) is 32.1 Å². The highest BCUT2D eigenvalue weighted by molar-refractivity contribution is 5.11. The lowest BCUT2D eigenvalue weighted by Crippen LogP contribution is -2.20. The molecule has 0 aliphatic heterocycles. The van der Waals surface area contributed by atoms with Crippen LogP contribution in [0.3, 0.4) is 0 Å². The van der Waals surface area contributed by atoms with Gasteiger partial charge in [-0.3, -0.25) is 0 Å². The lowest BCUT2D eigenvalue weighted by atomic mass is 10.3. The van der Waals surface area contributed by atoms with E-state index in [1.54, 1.807) is 7.11 Å². The molecule has 2 unspecified atom stereocenters. The Kier molecular flexibility index (Phi) is 4.57. The number of nitrogens with one attached hydrogen (secondary N) is 1. The second kappa shape index (κ2) is 6.17. The highest BCUT2D eigenvalue weighted by Gasteiger charge is 2.36. The summed E-state index contributed by atoms with van der Waals surface area (Å²) in [4.78, 5) is 4.33. The van der Waals surface area contributed by atoms with Crippen molar-refractivity contribution in [2.24, 2.45) is 5.92 Å². The third-order valence-electron chi connectivity index (χ3n) is 3.27. The van der Waals surface area contributed by atoms with Crippen LogP contribution in [0, 0.1) is 5.92 Å². The van der Waals surface area contributed by atoms with E-state index in [9.17, 15) is 0 Å². The lowest BCUT2D eigenvalue weighted by molar-refractivity contribution is 0.199. The molecule has 1 aromatic rings. The normalized spacial score (nSPS) is 22.9. The van der Waals surface area contributed by atoms with Gasteiger partial charge in [0.25, 0.3) is 0 Å². The molecule has 1 fully saturated rings. The fraction of sp³-hybridized carbons (Fsp3) is 0.769. The Bertz CT molecular complexity index is 338. The number of hydrogen-bond donors (Lipinski definition) is 1. The number of nitrogens with zero attached hydrogens (tertiary/aromatic N) is 1. The first-order chi connectivity index (χ1) is 8.31. The van der Waals surface area contributed by atoms with Crippen LogP contribution in [-0.4, -0.2) is 31.8 Å². The third-order valence-corrected chi connectivity index (χ3v) is 3.27. The maximum absolute atomic E-state index is 5.74. The summed E-state index contributed by atoms with van der Waals surface area (Å²) in [5.41, 5.74) is 0. The van der Waals surface area contributed by atoms with E-state index in [1.807, 2.05) is 6.20 Å². The molecule has 2 atom stereocenters. The van der Waals surface area contributed by atoms with Crippen LogP contribution in [0.2, 0.25) is 0 Å². The Labute approximate surface area is 103 Å². The van der Waals surface area contributed by atoms with Gasteiger partial charge in [0.1, 0.15) is 5.76 Å². The molecule has 2 rings (SSSR count). The van der Waals surface area contributed by atoms with E-state index in [1.165, 1.54) is 6.42 Å². The van der Waals surface area contributed by atoms with E-state index >= 15 is 0 Å². The summed E-state index contributed by atoms with van der Waals surface area (Å²) in [6.45, 7) is 4.92. The summed E-state index contributed by atoms with van der Waals surface area (Å²) in [5, 5.41) is 3.31. The Balaban J connectivity index is 1.61. The molecule has 0 saturated heterocycles. The van der Waals surface area contributed by atoms with Crippen molar-refractivity contribution in [3.8, 4) is 0 Å². The van der Waals surface area contributed by atoms with E-state index in [-0.39, 0.29) is 0 Å². The van der Waals surface area contributed by atoms with Crippen molar-refractivity contribution < 1.29 is 9.15 Å². The average Bonchev–Trinajstić information content (AvgIpc) is 2.89. The predicted molar refractivity (Wildman–Crippen MR) is 66.1 cm³/mol. The van der Waals surface area contributed by atoms with Gasteiger partial charge >= 0.3 is 0 Å². The fourth-order valence-electron chi connectivity index (χ4n) is 1.99. The number of rotatable bonds is 8. The summed E-state index contributed by atoms with van der Waals surface area (Å²) < 4.78 is 10.7. The van der Waals surface area contributed by atoms with Gasteiger partial charge in [-0.1, -0.05) is 6.92 Å². The molecule has 1 saturated carbocycles. The van der Waals surface area contributed by atoms with Crippen LogP contribution >= 0.6 is 0 Å². The van der Waals surface area contributed by atoms with Crippen LogP contribution < -0.4 is 5.32 Å². The molecular weight excluding hydrogens is 216 g/mol. The number of hydrogen-bond acceptors (Lipinski definition) is 4. The number of ether oxygens (including phenoxy) is 1. The molecule has 1 N–H and O–H groups in total. The van der Waals surface area contributed by atoms with E-state index in [0.29, 0.717) is 5.92 Å². The number of aromatic nitrogens is 1. The molecule has 1 aliphatic rings. The van der Waals surface area contributed by atoms with Gasteiger partial charge in [0.2, 0.25) is 0 Å². The molecule has 0 spiro atoms. The van der Waals surface area contributed by atoms with Crippen LogP contribution in [0.25, 0.3) is 0 Å². The first-order valence-corrected chi connectivity index (χ1v) is 6.45. The summed E-state index contributed by atoms with van der Waals surface area (Å²) >= 11 is 0. The smallest absolute Gasteiger partial charge is 0.194 e. The zero-order valence-corrected chi connectivity index (χ0v) is 10.7. The van der Waals surface area contributed by atoms with Gasteiger partial charge in [0, 0.05) is 26.0 Å². The topological polar surface area (TPSA) is 47.3 Å². The molecule has 0 bridgehead atoms. The Morgan fingerprint density at radius 3 is 3.06 bits per heavy atom. The average molecular weight is 238 g/mol. The first-order valence-electron chi connectivity index (χ1n) is 6.45. The molecule has 0 aromatic carbocycles. The van der Waals surface area contributed by atoms with Crippen molar-refractivity contribution in [3.05, 3.63) is 17.8 Å². The fourth-order valence-corrected chi connectivity index (χ4v) is 1.99. The maximum atomic E-state index is 5.74.